The Morgan fingerprint density at radius 1 is 0.966 bits per heavy atom. The van der Waals surface area contributed by atoms with E-state index in [9.17, 15) is 9.59 Å². The average Bonchev–Trinajstić information content (AvgIpc) is 2.77. The molecule has 2 fully saturated rings. The van der Waals surface area contributed by atoms with Crippen LogP contribution in [0.2, 0.25) is 0 Å². The van der Waals surface area contributed by atoms with E-state index in [1.165, 1.54) is 11.7 Å². The minimum Gasteiger partial charge on any atom is -0.361 e. The standard InChI is InChI=1S/C19H28N8O2/c1-24-17(28)16(23-25(2)19(24)29)22-14-4-6-15(7-5-14)26-10-12-27(13-11-26)18-20-8-3-9-21-18/h3,8-9,14-15H,4-7,10-13H2,1-2H3,(H,22,23)/t14-,15+. The van der Waals surface area contributed by atoms with E-state index in [1.54, 1.807) is 19.4 Å². The van der Waals surface area contributed by atoms with Crippen molar-refractivity contribution in [1.82, 2.24) is 29.2 Å². The molecule has 0 unspecified atom stereocenters. The van der Waals surface area contributed by atoms with Gasteiger partial charge >= 0.3 is 5.69 Å². The maximum atomic E-state index is 12.3. The Morgan fingerprint density at radius 2 is 1.62 bits per heavy atom. The fraction of sp³-hybridized carbons (Fsp3) is 0.632. The summed E-state index contributed by atoms with van der Waals surface area (Å²) in [4.78, 5) is 37.6. The molecule has 2 aromatic heterocycles. The Morgan fingerprint density at radius 3 is 2.28 bits per heavy atom. The summed E-state index contributed by atoms with van der Waals surface area (Å²) in [5.74, 6) is 1.07. The molecule has 4 rings (SSSR count). The van der Waals surface area contributed by atoms with Crippen molar-refractivity contribution in [2.45, 2.75) is 37.8 Å². The van der Waals surface area contributed by atoms with Crippen LogP contribution in [0, 0.1) is 0 Å². The van der Waals surface area contributed by atoms with Gasteiger partial charge in [0.1, 0.15) is 0 Å². The predicted molar refractivity (Wildman–Crippen MR) is 110 cm³/mol. The van der Waals surface area contributed by atoms with Crippen molar-refractivity contribution in [3.8, 4) is 0 Å². The van der Waals surface area contributed by atoms with Crippen LogP contribution in [0.25, 0.3) is 0 Å². The first kappa shape index (κ1) is 19.6. The van der Waals surface area contributed by atoms with Crippen molar-refractivity contribution < 1.29 is 0 Å². The van der Waals surface area contributed by atoms with Gasteiger partial charge in [-0.3, -0.25) is 14.3 Å². The molecule has 2 aliphatic rings. The first-order valence-corrected chi connectivity index (χ1v) is 10.2. The van der Waals surface area contributed by atoms with E-state index >= 15 is 0 Å². The summed E-state index contributed by atoms with van der Waals surface area (Å²) in [5.41, 5.74) is -0.779. The topological polar surface area (TPSA) is 101 Å². The Bertz CT molecular complexity index is 941. The summed E-state index contributed by atoms with van der Waals surface area (Å²) in [7, 11) is 3.04. The fourth-order valence-corrected chi connectivity index (χ4v) is 4.31. The van der Waals surface area contributed by atoms with E-state index in [0.29, 0.717) is 6.04 Å². The molecule has 10 nitrogen and oxygen atoms in total. The molecule has 156 valence electrons. The summed E-state index contributed by atoms with van der Waals surface area (Å²) in [5, 5.41) is 7.37. The van der Waals surface area contributed by atoms with Gasteiger partial charge in [-0.25, -0.2) is 19.4 Å². The van der Waals surface area contributed by atoms with Crippen molar-refractivity contribution >= 4 is 11.8 Å². The van der Waals surface area contributed by atoms with Crippen molar-refractivity contribution in [2.75, 3.05) is 36.4 Å². The molecule has 0 spiro atoms. The molecule has 0 radical (unpaired) electrons. The van der Waals surface area contributed by atoms with Crippen LogP contribution in [-0.4, -0.2) is 67.5 Å². The highest BCUT2D eigenvalue weighted by Crippen LogP contribution is 2.26. The van der Waals surface area contributed by atoms with Crippen LogP contribution < -0.4 is 21.5 Å². The second kappa shape index (κ2) is 8.32. The van der Waals surface area contributed by atoms with Crippen LogP contribution in [0.1, 0.15) is 25.7 Å². The smallest absolute Gasteiger partial charge is 0.346 e. The van der Waals surface area contributed by atoms with Gasteiger partial charge in [-0.2, -0.15) is 0 Å². The number of hydrogen-bond donors (Lipinski definition) is 1. The van der Waals surface area contributed by atoms with Gasteiger partial charge in [-0.1, -0.05) is 0 Å². The Kier molecular flexibility index (Phi) is 5.61. The fourth-order valence-electron chi connectivity index (χ4n) is 4.31. The number of anilines is 2. The van der Waals surface area contributed by atoms with Gasteiger partial charge in [0.25, 0.3) is 5.56 Å². The molecule has 2 aromatic rings. The average molecular weight is 400 g/mol. The number of aromatic nitrogens is 5. The third-order valence-electron chi connectivity index (χ3n) is 6.02. The third-order valence-corrected chi connectivity index (χ3v) is 6.02. The molecule has 10 heteroatoms. The number of nitrogens with one attached hydrogen (secondary N) is 1. The van der Waals surface area contributed by atoms with Gasteiger partial charge in [0.05, 0.1) is 0 Å². The van der Waals surface area contributed by atoms with Crippen molar-refractivity contribution in [1.29, 1.82) is 0 Å². The molecular formula is C19H28N8O2. The second-order valence-corrected chi connectivity index (χ2v) is 7.84. The summed E-state index contributed by atoms with van der Waals surface area (Å²) < 4.78 is 2.29. The van der Waals surface area contributed by atoms with Crippen LogP contribution in [-0.2, 0) is 14.1 Å². The SMILES string of the molecule is Cn1nc(N[C@H]2CC[C@@H](N3CCN(c4ncccn4)CC3)CC2)c(=O)n(C)c1=O. The van der Waals surface area contributed by atoms with E-state index in [2.05, 4.69) is 30.2 Å². The van der Waals surface area contributed by atoms with Gasteiger partial charge in [0.15, 0.2) is 0 Å². The minimum absolute atomic E-state index is 0.211. The molecule has 0 aromatic carbocycles. The highest BCUT2D eigenvalue weighted by atomic mass is 16.2. The molecule has 1 saturated heterocycles. The second-order valence-electron chi connectivity index (χ2n) is 7.84. The number of nitrogens with zero attached hydrogens (tertiary/aromatic N) is 7. The summed E-state index contributed by atoms with van der Waals surface area (Å²) in [6, 6.07) is 2.62. The highest BCUT2D eigenvalue weighted by molar-refractivity contribution is 5.31. The van der Waals surface area contributed by atoms with Gasteiger partial charge in [-0.15, -0.1) is 5.10 Å². The molecule has 1 aliphatic heterocycles. The van der Waals surface area contributed by atoms with Crippen molar-refractivity contribution in [2.24, 2.45) is 14.1 Å². The predicted octanol–water partition coefficient (Wildman–Crippen LogP) is -0.186. The van der Waals surface area contributed by atoms with E-state index in [-0.39, 0.29) is 17.4 Å². The normalized spacial score (nSPS) is 23.2. The monoisotopic (exact) mass is 400 g/mol. The quantitative estimate of drug-likeness (QED) is 0.754. The van der Waals surface area contributed by atoms with Gasteiger partial charge in [-0.05, 0) is 31.7 Å². The molecule has 29 heavy (non-hydrogen) atoms. The maximum Gasteiger partial charge on any atom is 0.346 e. The lowest BCUT2D eigenvalue weighted by Crippen LogP contribution is -2.52. The summed E-state index contributed by atoms with van der Waals surface area (Å²) in [6.07, 6.45) is 7.73. The highest BCUT2D eigenvalue weighted by Gasteiger charge is 2.29. The molecule has 0 bridgehead atoms. The zero-order valence-electron chi connectivity index (χ0n) is 17.0. The Labute approximate surface area is 169 Å². The van der Waals surface area contributed by atoms with Crippen LogP contribution in [0.3, 0.4) is 0 Å². The zero-order valence-corrected chi connectivity index (χ0v) is 17.0. The lowest BCUT2D eigenvalue weighted by Gasteiger charge is -2.42. The lowest BCUT2D eigenvalue weighted by molar-refractivity contribution is 0.143. The van der Waals surface area contributed by atoms with Gasteiger partial charge < -0.3 is 10.2 Å². The molecule has 1 aliphatic carbocycles. The van der Waals surface area contributed by atoms with Gasteiger partial charge in [0.2, 0.25) is 11.8 Å². The van der Waals surface area contributed by atoms with Crippen LogP contribution in [0.15, 0.2) is 28.0 Å². The first-order chi connectivity index (χ1) is 14.0. The van der Waals surface area contributed by atoms with E-state index in [4.69, 9.17) is 0 Å². The van der Waals surface area contributed by atoms with Crippen LogP contribution in [0.4, 0.5) is 11.8 Å². The van der Waals surface area contributed by atoms with E-state index in [1.807, 2.05) is 6.07 Å². The molecule has 3 heterocycles. The summed E-state index contributed by atoms with van der Waals surface area (Å²) >= 11 is 0. The van der Waals surface area contributed by atoms with Crippen LogP contribution >= 0.6 is 0 Å². The summed E-state index contributed by atoms with van der Waals surface area (Å²) in [6.45, 7) is 3.92. The van der Waals surface area contributed by atoms with Crippen molar-refractivity contribution in [3.63, 3.8) is 0 Å². The minimum atomic E-state index is -0.413. The lowest BCUT2D eigenvalue weighted by atomic mass is 9.90. The molecular weight excluding hydrogens is 372 g/mol. The molecule has 0 atom stereocenters. The van der Waals surface area contributed by atoms with Crippen LogP contribution in [0.5, 0.6) is 0 Å². The number of hydrogen-bond acceptors (Lipinski definition) is 8. The van der Waals surface area contributed by atoms with Crippen molar-refractivity contribution in [3.05, 3.63) is 39.3 Å². The van der Waals surface area contributed by atoms with E-state index in [0.717, 1.165) is 62.4 Å². The number of rotatable bonds is 4. The first-order valence-electron chi connectivity index (χ1n) is 10.2. The Hall–Kier alpha value is -2.75. The third kappa shape index (κ3) is 4.16. The zero-order chi connectivity index (χ0) is 20.4. The number of aryl methyl sites for hydroxylation is 1. The van der Waals surface area contributed by atoms with E-state index < -0.39 is 5.69 Å². The largest absolute Gasteiger partial charge is 0.361 e. The molecule has 1 saturated carbocycles. The number of piperazine rings is 1. The Balaban J connectivity index is 1.29. The molecule has 0 amide bonds. The van der Waals surface area contributed by atoms with Gasteiger partial charge in [0, 0.05) is 64.8 Å². The maximum absolute atomic E-state index is 12.3. The molecule has 1 N–H and O–H groups in total.